The van der Waals surface area contributed by atoms with E-state index < -0.39 is 5.97 Å². The standard InChI is InChI=1S/C9H8O3.C7H9N/c1-2-6-4-3-5-7(8(6)10)9(11)12;1-6-4-2-3-5-7(6)8/h2-5,10H,1H2,(H,11,12);2-5H,8H2,1H3. The van der Waals surface area contributed by atoms with Crippen molar-refractivity contribution in [1.29, 1.82) is 0 Å². The van der Waals surface area contributed by atoms with Crippen LogP contribution in [-0.2, 0) is 0 Å². The zero-order valence-corrected chi connectivity index (χ0v) is 11.2. The van der Waals surface area contributed by atoms with Crippen molar-refractivity contribution in [3.8, 4) is 5.75 Å². The predicted octanol–water partition coefficient (Wildman–Crippen LogP) is 3.31. The number of phenols is 1. The van der Waals surface area contributed by atoms with Crippen molar-refractivity contribution in [3.63, 3.8) is 0 Å². The Balaban J connectivity index is 0.000000217. The molecule has 0 unspecified atom stereocenters. The molecular weight excluding hydrogens is 254 g/mol. The maximum atomic E-state index is 10.5. The fourth-order valence-electron chi connectivity index (χ4n) is 1.49. The number of nitrogens with two attached hydrogens (primary N) is 1. The van der Waals surface area contributed by atoms with Gasteiger partial charge in [-0.3, -0.25) is 0 Å². The lowest BCUT2D eigenvalue weighted by Gasteiger charge is -2.01. The highest BCUT2D eigenvalue weighted by atomic mass is 16.4. The quantitative estimate of drug-likeness (QED) is 0.732. The third-order valence-corrected chi connectivity index (χ3v) is 2.71. The molecule has 0 saturated heterocycles. The van der Waals surface area contributed by atoms with E-state index >= 15 is 0 Å². The van der Waals surface area contributed by atoms with Crippen LogP contribution in [0.2, 0.25) is 0 Å². The van der Waals surface area contributed by atoms with Crippen LogP contribution in [0.15, 0.2) is 49.0 Å². The number of aromatic carboxylic acids is 1. The highest BCUT2D eigenvalue weighted by molar-refractivity contribution is 5.92. The molecule has 4 nitrogen and oxygen atoms in total. The lowest BCUT2D eigenvalue weighted by molar-refractivity contribution is 0.0693. The third-order valence-electron chi connectivity index (χ3n) is 2.71. The number of carboxylic acid groups (broad SMARTS) is 1. The summed E-state index contributed by atoms with van der Waals surface area (Å²) in [7, 11) is 0. The van der Waals surface area contributed by atoms with Crippen molar-refractivity contribution >= 4 is 17.7 Å². The number of carboxylic acids is 1. The minimum atomic E-state index is -1.14. The summed E-state index contributed by atoms with van der Waals surface area (Å²) < 4.78 is 0. The van der Waals surface area contributed by atoms with E-state index in [0.717, 1.165) is 11.3 Å². The summed E-state index contributed by atoms with van der Waals surface area (Å²) in [5, 5.41) is 17.9. The van der Waals surface area contributed by atoms with Crippen LogP contribution in [0.1, 0.15) is 21.5 Å². The van der Waals surface area contributed by atoms with Gasteiger partial charge in [0.15, 0.2) is 0 Å². The number of hydrogen-bond donors (Lipinski definition) is 3. The van der Waals surface area contributed by atoms with Gasteiger partial charge in [-0.25, -0.2) is 4.79 Å². The van der Waals surface area contributed by atoms with E-state index in [-0.39, 0.29) is 11.3 Å². The molecule has 0 radical (unpaired) electrons. The van der Waals surface area contributed by atoms with E-state index in [2.05, 4.69) is 6.58 Å². The van der Waals surface area contributed by atoms with Crippen LogP contribution in [0, 0.1) is 6.92 Å². The maximum absolute atomic E-state index is 10.5. The van der Waals surface area contributed by atoms with Gasteiger partial charge in [-0.15, -0.1) is 0 Å². The molecule has 0 aliphatic carbocycles. The summed E-state index contributed by atoms with van der Waals surface area (Å²) in [6.45, 7) is 5.43. The van der Waals surface area contributed by atoms with Crippen LogP contribution in [-0.4, -0.2) is 16.2 Å². The van der Waals surface area contributed by atoms with Crippen LogP contribution >= 0.6 is 0 Å². The van der Waals surface area contributed by atoms with Gasteiger partial charge in [0.2, 0.25) is 0 Å². The van der Waals surface area contributed by atoms with Crippen LogP contribution in [0.3, 0.4) is 0 Å². The lowest BCUT2D eigenvalue weighted by atomic mass is 10.1. The Kier molecular flexibility index (Phi) is 5.35. The zero-order chi connectivity index (χ0) is 15.1. The SMILES string of the molecule is C=Cc1cccc(C(=O)O)c1O.Cc1ccccc1N. The van der Waals surface area contributed by atoms with E-state index in [4.69, 9.17) is 10.8 Å². The normalized spacial score (nSPS) is 9.25. The zero-order valence-electron chi connectivity index (χ0n) is 11.2. The number of rotatable bonds is 2. The summed E-state index contributed by atoms with van der Waals surface area (Å²) in [5.74, 6) is -1.38. The summed E-state index contributed by atoms with van der Waals surface area (Å²) in [6.07, 6.45) is 1.40. The largest absolute Gasteiger partial charge is 0.506 e. The van der Waals surface area contributed by atoms with Gasteiger partial charge < -0.3 is 15.9 Å². The Bertz CT molecular complexity index is 600. The molecule has 2 aromatic rings. The van der Waals surface area contributed by atoms with Crippen LogP contribution in [0.25, 0.3) is 6.08 Å². The van der Waals surface area contributed by atoms with E-state index in [1.54, 1.807) is 12.1 Å². The monoisotopic (exact) mass is 271 g/mol. The number of para-hydroxylation sites is 2. The molecule has 0 aromatic heterocycles. The molecule has 0 aliphatic heterocycles. The Hall–Kier alpha value is -2.75. The number of aryl methyl sites for hydroxylation is 1. The highest BCUT2D eigenvalue weighted by Gasteiger charge is 2.10. The first kappa shape index (κ1) is 15.3. The van der Waals surface area contributed by atoms with Gasteiger partial charge in [-0.05, 0) is 24.6 Å². The number of carbonyl (C=O) groups is 1. The fraction of sp³-hybridized carbons (Fsp3) is 0.0625. The molecule has 0 bridgehead atoms. The second-order valence-corrected chi connectivity index (χ2v) is 4.11. The molecule has 0 amide bonds. The molecule has 0 aliphatic rings. The summed E-state index contributed by atoms with van der Waals surface area (Å²) in [4.78, 5) is 10.5. The molecule has 4 N–H and O–H groups in total. The number of aromatic hydroxyl groups is 1. The summed E-state index contributed by atoms with van der Waals surface area (Å²) >= 11 is 0. The smallest absolute Gasteiger partial charge is 0.339 e. The van der Waals surface area contributed by atoms with E-state index in [1.807, 2.05) is 31.2 Å². The molecule has 2 rings (SSSR count). The molecule has 20 heavy (non-hydrogen) atoms. The van der Waals surface area contributed by atoms with Gasteiger partial charge in [0, 0.05) is 11.3 Å². The minimum Gasteiger partial charge on any atom is -0.506 e. The molecule has 4 heteroatoms. The Morgan fingerprint density at radius 2 is 1.85 bits per heavy atom. The molecule has 0 heterocycles. The second kappa shape index (κ2) is 6.99. The number of anilines is 1. The molecule has 0 atom stereocenters. The third kappa shape index (κ3) is 3.88. The molecule has 0 saturated carbocycles. The lowest BCUT2D eigenvalue weighted by Crippen LogP contribution is -1.96. The Labute approximate surface area is 117 Å². The Morgan fingerprint density at radius 1 is 1.20 bits per heavy atom. The molecule has 0 spiro atoms. The fourth-order valence-corrected chi connectivity index (χ4v) is 1.49. The topological polar surface area (TPSA) is 83.5 Å². The van der Waals surface area contributed by atoms with Crippen molar-refractivity contribution in [1.82, 2.24) is 0 Å². The van der Waals surface area contributed by atoms with Gasteiger partial charge in [0.05, 0.1) is 0 Å². The maximum Gasteiger partial charge on any atom is 0.339 e. The van der Waals surface area contributed by atoms with Crippen molar-refractivity contribution in [2.45, 2.75) is 6.92 Å². The molecule has 2 aromatic carbocycles. The Morgan fingerprint density at radius 3 is 2.30 bits per heavy atom. The minimum absolute atomic E-state index is 0.104. The van der Waals surface area contributed by atoms with Crippen molar-refractivity contribution in [2.24, 2.45) is 0 Å². The van der Waals surface area contributed by atoms with Crippen molar-refractivity contribution in [2.75, 3.05) is 5.73 Å². The van der Waals surface area contributed by atoms with E-state index in [9.17, 15) is 9.90 Å². The first-order valence-corrected chi connectivity index (χ1v) is 5.96. The molecule has 104 valence electrons. The van der Waals surface area contributed by atoms with E-state index in [0.29, 0.717) is 5.56 Å². The summed E-state index contributed by atoms with van der Waals surface area (Å²) in [6, 6.07) is 12.3. The van der Waals surface area contributed by atoms with Crippen molar-refractivity contribution < 1.29 is 15.0 Å². The van der Waals surface area contributed by atoms with Gasteiger partial charge in [-0.2, -0.15) is 0 Å². The number of nitrogen functional groups attached to an aromatic ring is 1. The summed E-state index contributed by atoms with van der Waals surface area (Å²) in [5.41, 5.74) is 7.86. The predicted molar refractivity (Wildman–Crippen MR) is 80.7 cm³/mol. The van der Waals surface area contributed by atoms with E-state index in [1.165, 1.54) is 12.1 Å². The second-order valence-electron chi connectivity index (χ2n) is 4.11. The van der Waals surface area contributed by atoms with Crippen LogP contribution in [0.4, 0.5) is 5.69 Å². The number of benzene rings is 2. The highest BCUT2D eigenvalue weighted by Crippen LogP contribution is 2.22. The first-order chi connectivity index (χ1) is 9.47. The van der Waals surface area contributed by atoms with Crippen LogP contribution in [0.5, 0.6) is 5.75 Å². The van der Waals surface area contributed by atoms with Gasteiger partial charge >= 0.3 is 5.97 Å². The van der Waals surface area contributed by atoms with Crippen molar-refractivity contribution in [3.05, 3.63) is 65.7 Å². The van der Waals surface area contributed by atoms with Gasteiger partial charge in [0.25, 0.3) is 0 Å². The average Bonchev–Trinajstić information content (AvgIpc) is 2.43. The molecule has 0 fully saturated rings. The van der Waals surface area contributed by atoms with Gasteiger partial charge in [0.1, 0.15) is 11.3 Å². The molecular formula is C16H17NO3. The number of hydrogen-bond acceptors (Lipinski definition) is 3. The first-order valence-electron chi connectivity index (χ1n) is 5.96. The van der Waals surface area contributed by atoms with Gasteiger partial charge in [-0.1, -0.05) is 43.0 Å². The average molecular weight is 271 g/mol. The van der Waals surface area contributed by atoms with Crippen LogP contribution < -0.4 is 5.73 Å².